The SMILES string of the molecule is CCC1NC(=O)COC(=O)CNC(=O)COC(=O)CNC(=O)COC(=O)CNC(=O)COC1=O. The zero-order valence-electron chi connectivity index (χ0n) is 18.1. The Morgan fingerprint density at radius 3 is 1.32 bits per heavy atom. The summed E-state index contributed by atoms with van der Waals surface area (Å²) in [7, 11) is 0. The Balaban J connectivity index is 2.71. The van der Waals surface area contributed by atoms with Crippen LogP contribution in [0.15, 0.2) is 0 Å². The fraction of sp³-hybridized carbons (Fsp3) is 0.556. The molecule has 0 bridgehead atoms. The van der Waals surface area contributed by atoms with Gasteiger partial charge in [0.2, 0.25) is 0 Å². The number of ether oxygens (including phenoxy) is 4. The van der Waals surface area contributed by atoms with Gasteiger partial charge in [-0.3, -0.25) is 33.6 Å². The van der Waals surface area contributed by atoms with E-state index in [1.54, 1.807) is 6.92 Å². The molecule has 188 valence electrons. The molecule has 1 heterocycles. The Kier molecular flexibility index (Phi) is 12.1. The van der Waals surface area contributed by atoms with Crippen LogP contribution in [0, 0.1) is 0 Å². The first-order chi connectivity index (χ1) is 16.1. The summed E-state index contributed by atoms with van der Waals surface area (Å²) in [5.74, 6) is -7.34. The van der Waals surface area contributed by atoms with E-state index in [1.165, 1.54) is 0 Å². The van der Waals surface area contributed by atoms with Crippen molar-refractivity contribution in [2.75, 3.05) is 46.1 Å². The molecule has 1 aliphatic heterocycles. The van der Waals surface area contributed by atoms with Crippen LogP contribution in [-0.2, 0) is 57.3 Å². The highest BCUT2D eigenvalue weighted by molar-refractivity contribution is 5.90. The number of cyclic esters (lactones) is 4. The van der Waals surface area contributed by atoms with Crippen LogP contribution in [0.25, 0.3) is 0 Å². The average Bonchev–Trinajstić information content (AvgIpc) is 2.81. The summed E-state index contributed by atoms with van der Waals surface area (Å²) >= 11 is 0. The lowest BCUT2D eigenvalue weighted by molar-refractivity contribution is -0.154. The van der Waals surface area contributed by atoms with Crippen molar-refractivity contribution in [1.82, 2.24) is 21.3 Å². The van der Waals surface area contributed by atoms with Crippen LogP contribution in [0.5, 0.6) is 0 Å². The molecular weight excluding hydrogens is 464 g/mol. The first kappa shape index (κ1) is 27.8. The molecule has 16 nitrogen and oxygen atoms in total. The minimum absolute atomic E-state index is 0.0866. The van der Waals surface area contributed by atoms with E-state index in [4.69, 9.17) is 4.74 Å². The molecule has 0 saturated carbocycles. The molecule has 0 aromatic carbocycles. The lowest BCUT2D eigenvalue weighted by Gasteiger charge is -2.16. The maximum absolute atomic E-state index is 12.0. The second-order valence-electron chi connectivity index (χ2n) is 6.45. The van der Waals surface area contributed by atoms with Crippen LogP contribution in [0.1, 0.15) is 13.3 Å². The van der Waals surface area contributed by atoms with Crippen LogP contribution >= 0.6 is 0 Å². The fourth-order valence-corrected chi connectivity index (χ4v) is 2.06. The zero-order chi connectivity index (χ0) is 25.5. The van der Waals surface area contributed by atoms with Gasteiger partial charge in [-0.05, 0) is 6.42 Å². The van der Waals surface area contributed by atoms with Gasteiger partial charge in [-0.25, -0.2) is 4.79 Å². The molecule has 0 radical (unpaired) electrons. The number of hydrogen-bond donors (Lipinski definition) is 4. The minimum atomic E-state index is -1.15. The molecule has 1 fully saturated rings. The van der Waals surface area contributed by atoms with Crippen molar-refractivity contribution >= 4 is 47.5 Å². The van der Waals surface area contributed by atoms with E-state index in [0.29, 0.717) is 0 Å². The quantitative estimate of drug-likeness (QED) is 0.202. The molecule has 16 heteroatoms. The summed E-state index contributed by atoms with van der Waals surface area (Å²) < 4.78 is 18.6. The Morgan fingerprint density at radius 2 is 0.941 bits per heavy atom. The van der Waals surface area contributed by atoms with Crippen molar-refractivity contribution < 1.29 is 57.3 Å². The Morgan fingerprint density at radius 1 is 0.588 bits per heavy atom. The molecular formula is C18H24N4O12. The highest BCUT2D eigenvalue weighted by Crippen LogP contribution is 1.96. The van der Waals surface area contributed by atoms with Gasteiger partial charge in [-0.2, -0.15) is 0 Å². The Bertz CT molecular complexity index is 828. The molecule has 4 N–H and O–H groups in total. The second kappa shape index (κ2) is 14.8. The first-order valence-corrected chi connectivity index (χ1v) is 9.83. The van der Waals surface area contributed by atoms with E-state index in [0.717, 1.165) is 0 Å². The van der Waals surface area contributed by atoms with Crippen LogP contribution in [-0.4, -0.2) is 99.6 Å². The summed E-state index contributed by atoms with van der Waals surface area (Å²) in [6.07, 6.45) is 0.0866. The first-order valence-electron chi connectivity index (χ1n) is 9.83. The van der Waals surface area contributed by atoms with Crippen LogP contribution in [0.4, 0.5) is 0 Å². The fourth-order valence-electron chi connectivity index (χ4n) is 2.06. The molecule has 1 unspecified atom stereocenters. The summed E-state index contributed by atoms with van der Waals surface area (Å²) in [4.78, 5) is 93.4. The van der Waals surface area contributed by atoms with Gasteiger partial charge >= 0.3 is 23.9 Å². The van der Waals surface area contributed by atoms with Crippen molar-refractivity contribution in [3.05, 3.63) is 0 Å². The van der Waals surface area contributed by atoms with Gasteiger partial charge in [0.15, 0.2) is 26.4 Å². The topological polar surface area (TPSA) is 222 Å². The van der Waals surface area contributed by atoms with E-state index in [-0.39, 0.29) is 6.42 Å². The van der Waals surface area contributed by atoms with Gasteiger partial charge in [0, 0.05) is 0 Å². The Labute approximate surface area is 192 Å². The van der Waals surface area contributed by atoms with Gasteiger partial charge in [-0.15, -0.1) is 0 Å². The van der Waals surface area contributed by atoms with Crippen LogP contribution < -0.4 is 21.3 Å². The van der Waals surface area contributed by atoms with E-state index in [9.17, 15) is 38.4 Å². The molecule has 34 heavy (non-hydrogen) atoms. The van der Waals surface area contributed by atoms with E-state index >= 15 is 0 Å². The number of nitrogens with one attached hydrogen (secondary N) is 4. The van der Waals surface area contributed by atoms with Gasteiger partial charge in [0.05, 0.1) is 0 Å². The third kappa shape index (κ3) is 12.0. The van der Waals surface area contributed by atoms with E-state index in [2.05, 4.69) is 35.5 Å². The predicted octanol–water partition coefficient (Wildman–Crippen LogP) is -4.58. The maximum atomic E-state index is 12.0. The number of esters is 4. The van der Waals surface area contributed by atoms with Crippen molar-refractivity contribution in [2.24, 2.45) is 0 Å². The summed E-state index contributed by atoms with van der Waals surface area (Å²) in [5.41, 5.74) is 0. The normalized spacial score (nSPS) is 21.3. The minimum Gasteiger partial charge on any atom is -0.454 e. The predicted molar refractivity (Wildman–Crippen MR) is 105 cm³/mol. The molecule has 4 amide bonds. The summed E-state index contributed by atoms with van der Waals surface area (Å²) in [5, 5.41) is 8.50. The third-order valence-electron chi connectivity index (χ3n) is 3.76. The van der Waals surface area contributed by atoms with Crippen LogP contribution in [0.3, 0.4) is 0 Å². The zero-order valence-corrected chi connectivity index (χ0v) is 18.1. The molecule has 0 spiro atoms. The molecule has 1 atom stereocenters. The summed E-state index contributed by atoms with van der Waals surface area (Å²) in [6, 6.07) is -1.15. The van der Waals surface area contributed by atoms with E-state index in [1.807, 2.05) is 0 Å². The van der Waals surface area contributed by atoms with Gasteiger partial charge in [0.1, 0.15) is 25.7 Å². The molecule has 1 aliphatic rings. The standard InChI is InChI=1S/C18H24N4O12/c1-2-10-18(30)34-8-13(25)21-4-16(28)32-6-11(23)19-3-15(27)31-7-12(24)20-5-17(29)33-9-14(26)22-10/h10H,2-9H2,1H3,(H,19,23)(H,20,24)(H,21,25)(H,22,26). The maximum Gasteiger partial charge on any atom is 0.329 e. The summed E-state index contributed by atoms with van der Waals surface area (Å²) in [6.45, 7) is -3.44. The molecule has 0 aliphatic carbocycles. The smallest absolute Gasteiger partial charge is 0.329 e. The Hall–Kier alpha value is -4.24. The number of rotatable bonds is 1. The van der Waals surface area contributed by atoms with Gasteiger partial charge in [0.25, 0.3) is 23.6 Å². The molecule has 1 rings (SSSR count). The van der Waals surface area contributed by atoms with Crippen molar-refractivity contribution in [1.29, 1.82) is 0 Å². The third-order valence-corrected chi connectivity index (χ3v) is 3.76. The molecule has 0 aromatic rings. The molecule has 1 saturated heterocycles. The lowest BCUT2D eigenvalue weighted by atomic mass is 10.2. The molecule has 0 aromatic heterocycles. The van der Waals surface area contributed by atoms with Gasteiger partial charge in [-0.1, -0.05) is 6.92 Å². The number of carbonyl (C=O) groups is 8. The van der Waals surface area contributed by atoms with Crippen molar-refractivity contribution in [3.8, 4) is 0 Å². The number of carbonyl (C=O) groups excluding carboxylic acids is 8. The van der Waals surface area contributed by atoms with Crippen molar-refractivity contribution in [3.63, 3.8) is 0 Å². The largest absolute Gasteiger partial charge is 0.454 e. The number of hydrogen-bond acceptors (Lipinski definition) is 12. The lowest BCUT2D eigenvalue weighted by Crippen LogP contribution is -2.45. The monoisotopic (exact) mass is 488 g/mol. The van der Waals surface area contributed by atoms with E-state index < -0.39 is 99.6 Å². The van der Waals surface area contributed by atoms with Crippen molar-refractivity contribution in [2.45, 2.75) is 19.4 Å². The highest BCUT2D eigenvalue weighted by Gasteiger charge is 2.22. The highest BCUT2D eigenvalue weighted by atomic mass is 16.6. The van der Waals surface area contributed by atoms with Crippen LogP contribution in [0.2, 0.25) is 0 Å². The number of amides is 4. The van der Waals surface area contributed by atoms with Gasteiger partial charge < -0.3 is 40.2 Å². The average molecular weight is 488 g/mol. The second-order valence-corrected chi connectivity index (χ2v) is 6.45.